The lowest BCUT2D eigenvalue weighted by Gasteiger charge is -2.13. The van der Waals surface area contributed by atoms with Gasteiger partial charge in [0.15, 0.2) is 0 Å². The Kier molecular flexibility index (Phi) is 2.84. The lowest BCUT2D eigenvalue weighted by molar-refractivity contribution is -0.124. The number of aliphatic hydroxyl groups excluding tert-OH is 1. The summed E-state index contributed by atoms with van der Waals surface area (Å²) in [5.74, 6) is -0.0995. The van der Waals surface area contributed by atoms with E-state index in [4.69, 9.17) is 0 Å². The highest BCUT2D eigenvalue weighted by Gasteiger charge is 2.30. The maximum atomic E-state index is 11.1. The van der Waals surface area contributed by atoms with Crippen LogP contribution in [0.2, 0.25) is 0 Å². The van der Waals surface area contributed by atoms with E-state index in [0.29, 0.717) is 13.0 Å². The first kappa shape index (κ1) is 8.49. The molecule has 3 N–H and O–H groups in total. The predicted molar refractivity (Wildman–Crippen MR) is 41.1 cm³/mol. The minimum absolute atomic E-state index is 0.0995. The molecule has 1 fully saturated rings. The van der Waals surface area contributed by atoms with Crippen molar-refractivity contribution in [1.82, 2.24) is 10.6 Å². The van der Waals surface area contributed by atoms with Crippen molar-refractivity contribution in [3.05, 3.63) is 0 Å². The van der Waals surface area contributed by atoms with Gasteiger partial charge in [0.2, 0.25) is 5.91 Å². The van der Waals surface area contributed by atoms with Crippen LogP contribution in [0, 0.1) is 0 Å². The number of rotatable bonds is 2. The third-order valence-electron chi connectivity index (χ3n) is 1.82. The van der Waals surface area contributed by atoms with E-state index in [1.807, 2.05) is 6.92 Å². The van der Waals surface area contributed by atoms with Crippen LogP contribution in [0.15, 0.2) is 0 Å². The first-order valence-corrected chi connectivity index (χ1v) is 3.95. The molecule has 0 aromatic rings. The zero-order chi connectivity index (χ0) is 8.27. The number of carbonyl (C=O) groups is 1. The normalized spacial score (nSPS) is 30.4. The van der Waals surface area contributed by atoms with Gasteiger partial charge in [-0.2, -0.15) is 0 Å². The third-order valence-corrected chi connectivity index (χ3v) is 1.82. The Labute approximate surface area is 66.0 Å². The highest BCUT2D eigenvalue weighted by Crippen LogP contribution is 2.05. The summed E-state index contributed by atoms with van der Waals surface area (Å²) in [6, 6.07) is -0.394. The van der Waals surface area contributed by atoms with Crippen LogP contribution in [-0.2, 0) is 4.79 Å². The highest BCUT2D eigenvalue weighted by molar-refractivity contribution is 5.82. The maximum absolute atomic E-state index is 11.1. The van der Waals surface area contributed by atoms with Crippen LogP contribution >= 0.6 is 0 Å². The Morgan fingerprint density at radius 3 is 3.00 bits per heavy atom. The van der Waals surface area contributed by atoms with Gasteiger partial charge in [-0.1, -0.05) is 0 Å². The smallest absolute Gasteiger partial charge is 0.239 e. The van der Waals surface area contributed by atoms with Gasteiger partial charge in [-0.15, -0.1) is 0 Å². The van der Waals surface area contributed by atoms with Gasteiger partial charge in [0.25, 0.3) is 0 Å². The zero-order valence-electron chi connectivity index (χ0n) is 6.63. The number of nitrogens with one attached hydrogen (secondary N) is 2. The van der Waals surface area contributed by atoms with Gasteiger partial charge in [0, 0.05) is 6.54 Å². The van der Waals surface area contributed by atoms with Gasteiger partial charge in [0.05, 0.1) is 6.10 Å². The SMILES string of the molecule is CCNC(=O)[C@H]1NCC[C@@H]1O. The number of aliphatic hydroxyl groups is 1. The van der Waals surface area contributed by atoms with E-state index < -0.39 is 12.1 Å². The molecule has 4 nitrogen and oxygen atoms in total. The van der Waals surface area contributed by atoms with Gasteiger partial charge in [-0.3, -0.25) is 4.79 Å². The van der Waals surface area contributed by atoms with Crippen molar-refractivity contribution in [1.29, 1.82) is 0 Å². The second-order valence-corrected chi connectivity index (χ2v) is 2.68. The number of carbonyl (C=O) groups excluding carboxylic acids is 1. The summed E-state index contributed by atoms with van der Waals surface area (Å²) in [6.45, 7) is 3.20. The van der Waals surface area contributed by atoms with Gasteiger partial charge >= 0.3 is 0 Å². The molecule has 0 aliphatic carbocycles. The Morgan fingerprint density at radius 1 is 1.82 bits per heavy atom. The van der Waals surface area contributed by atoms with Crippen molar-refractivity contribution in [2.45, 2.75) is 25.5 Å². The standard InChI is InChI=1S/C7H14N2O2/c1-2-8-7(11)6-5(10)3-4-9-6/h5-6,9-10H,2-4H2,1H3,(H,8,11)/t5-,6-/m0/s1. The summed E-state index contributed by atoms with van der Waals surface area (Å²) in [4.78, 5) is 11.1. The van der Waals surface area contributed by atoms with Crippen LogP contribution in [0.5, 0.6) is 0 Å². The lowest BCUT2D eigenvalue weighted by atomic mass is 10.1. The van der Waals surface area contributed by atoms with Crippen molar-refractivity contribution < 1.29 is 9.90 Å². The van der Waals surface area contributed by atoms with Crippen LogP contribution in [0.3, 0.4) is 0 Å². The monoisotopic (exact) mass is 158 g/mol. The van der Waals surface area contributed by atoms with Gasteiger partial charge in [-0.05, 0) is 19.9 Å². The second kappa shape index (κ2) is 3.69. The molecule has 11 heavy (non-hydrogen) atoms. The maximum Gasteiger partial charge on any atom is 0.239 e. The first-order valence-electron chi connectivity index (χ1n) is 3.95. The molecule has 1 aliphatic heterocycles. The van der Waals surface area contributed by atoms with Gasteiger partial charge in [-0.25, -0.2) is 0 Å². The molecule has 1 heterocycles. The fourth-order valence-corrected chi connectivity index (χ4v) is 1.24. The molecule has 2 atom stereocenters. The molecule has 4 heteroatoms. The Bertz CT molecular complexity index is 149. The van der Waals surface area contributed by atoms with E-state index in [9.17, 15) is 9.90 Å². The summed E-state index contributed by atoms with van der Waals surface area (Å²) < 4.78 is 0. The summed E-state index contributed by atoms with van der Waals surface area (Å²) >= 11 is 0. The molecule has 0 aromatic carbocycles. The summed E-state index contributed by atoms with van der Waals surface area (Å²) in [6.07, 6.45) is 0.156. The molecule has 0 spiro atoms. The zero-order valence-corrected chi connectivity index (χ0v) is 6.63. The van der Waals surface area contributed by atoms with Crippen LogP contribution in [0.4, 0.5) is 0 Å². The Balaban J connectivity index is 2.39. The third kappa shape index (κ3) is 1.91. The van der Waals surface area contributed by atoms with Crippen LogP contribution < -0.4 is 10.6 Å². The lowest BCUT2D eigenvalue weighted by Crippen LogP contribution is -2.45. The van der Waals surface area contributed by atoms with Crippen molar-refractivity contribution in [3.8, 4) is 0 Å². The predicted octanol–water partition coefficient (Wildman–Crippen LogP) is -1.15. The van der Waals surface area contributed by atoms with E-state index in [0.717, 1.165) is 6.54 Å². The number of hydrogen-bond donors (Lipinski definition) is 3. The van der Waals surface area contributed by atoms with E-state index in [2.05, 4.69) is 10.6 Å². The largest absolute Gasteiger partial charge is 0.391 e. The van der Waals surface area contributed by atoms with Crippen molar-refractivity contribution >= 4 is 5.91 Å². The first-order chi connectivity index (χ1) is 5.25. The molecule has 0 saturated carbocycles. The molecule has 0 aromatic heterocycles. The van der Waals surface area contributed by atoms with E-state index in [1.165, 1.54) is 0 Å². The van der Waals surface area contributed by atoms with Crippen molar-refractivity contribution in [3.63, 3.8) is 0 Å². The van der Waals surface area contributed by atoms with E-state index in [-0.39, 0.29) is 5.91 Å². The number of hydrogen-bond acceptors (Lipinski definition) is 3. The topological polar surface area (TPSA) is 61.4 Å². The molecular weight excluding hydrogens is 144 g/mol. The minimum atomic E-state index is -0.512. The van der Waals surface area contributed by atoms with Crippen LogP contribution in [0.25, 0.3) is 0 Å². The summed E-state index contributed by atoms with van der Waals surface area (Å²) in [5, 5.41) is 14.8. The summed E-state index contributed by atoms with van der Waals surface area (Å²) in [7, 11) is 0. The average Bonchev–Trinajstić information content (AvgIpc) is 2.36. The Morgan fingerprint density at radius 2 is 2.55 bits per heavy atom. The second-order valence-electron chi connectivity index (χ2n) is 2.68. The highest BCUT2D eigenvalue weighted by atomic mass is 16.3. The van der Waals surface area contributed by atoms with Gasteiger partial charge < -0.3 is 15.7 Å². The number of likely N-dealkylation sites (N-methyl/N-ethyl adjacent to an activating group) is 1. The average molecular weight is 158 g/mol. The molecule has 64 valence electrons. The number of amides is 1. The van der Waals surface area contributed by atoms with Gasteiger partial charge in [0.1, 0.15) is 6.04 Å². The molecule has 0 radical (unpaired) electrons. The quantitative estimate of drug-likeness (QED) is 0.475. The van der Waals surface area contributed by atoms with E-state index in [1.54, 1.807) is 0 Å². The molecule has 1 rings (SSSR count). The molecule has 0 bridgehead atoms. The summed E-state index contributed by atoms with van der Waals surface area (Å²) in [5.41, 5.74) is 0. The van der Waals surface area contributed by atoms with Crippen LogP contribution in [-0.4, -0.2) is 36.2 Å². The van der Waals surface area contributed by atoms with Crippen LogP contribution in [0.1, 0.15) is 13.3 Å². The Hall–Kier alpha value is -0.610. The molecular formula is C7H14N2O2. The van der Waals surface area contributed by atoms with Crippen molar-refractivity contribution in [2.75, 3.05) is 13.1 Å². The fraction of sp³-hybridized carbons (Fsp3) is 0.857. The molecule has 1 aliphatic rings. The fourth-order valence-electron chi connectivity index (χ4n) is 1.24. The molecule has 1 saturated heterocycles. The van der Waals surface area contributed by atoms with Crippen molar-refractivity contribution in [2.24, 2.45) is 0 Å². The molecule has 1 amide bonds. The minimum Gasteiger partial charge on any atom is -0.391 e. The molecule has 0 unspecified atom stereocenters. The van der Waals surface area contributed by atoms with E-state index >= 15 is 0 Å².